The lowest BCUT2D eigenvalue weighted by molar-refractivity contribution is 0.0927. The van der Waals surface area contributed by atoms with E-state index >= 15 is 0 Å². The van der Waals surface area contributed by atoms with E-state index in [1.165, 1.54) is 0 Å². The smallest absolute Gasteiger partial charge is 0.269 e. The number of nitrogens with zero attached hydrogens (tertiary/aromatic N) is 2. The van der Waals surface area contributed by atoms with Crippen LogP contribution in [-0.2, 0) is 11.8 Å². The Bertz CT molecular complexity index is 622. The number of carbonyl (C=O) groups excluding carboxylic acids is 1. The molecule has 1 aromatic heterocycles. The molecule has 0 bridgehead atoms. The van der Waals surface area contributed by atoms with Gasteiger partial charge in [-0.15, -0.1) is 0 Å². The van der Waals surface area contributed by atoms with Gasteiger partial charge in [0.2, 0.25) is 0 Å². The number of rotatable bonds is 6. The van der Waals surface area contributed by atoms with Crippen LogP contribution in [0.4, 0.5) is 0 Å². The molecule has 6 nitrogen and oxygen atoms in total. The molecule has 112 valence electrons. The van der Waals surface area contributed by atoms with E-state index in [1.807, 2.05) is 24.3 Å². The number of methoxy groups -OCH3 is 2. The molecule has 1 N–H and O–H groups in total. The first-order chi connectivity index (χ1) is 10.2. The molecular weight excluding hydrogens is 270 g/mol. The van der Waals surface area contributed by atoms with Crippen LogP contribution in [0.25, 0.3) is 11.3 Å². The summed E-state index contributed by atoms with van der Waals surface area (Å²) in [6.45, 7) is 0.946. The summed E-state index contributed by atoms with van der Waals surface area (Å²) in [5, 5.41) is 7.15. The Morgan fingerprint density at radius 1 is 1.33 bits per heavy atom. The van der Waals surface area contributed by atoms with Gasteiger partial charge < -0.3 is 14.8 Å². The zero-order valence-corrected chi connectivity index (χ0v) is 12.4. The van der Waals surface area contributed by atoms with Crippen LogP contribution in [0.1, 0.15) is 10.5 Å². The van der Waals surface area contributed by atoms with E-state index in [4.69, 9.17) is 9.47 Å². The van der Waals surface area contributed by atoms with Crippen LogP contribution in [0.3, 0.4) is 0 Å². The lowest BCUT2D eigenvalue weighted by atomic mass is 10.1. The van der Waals surface area contributed by atoms with Gasteiger partial charge in [0.1, 0.15) is 11.4 Å². The fraction of sp³-hybridized carbons (Fsp3) is 0.333. The van der Waals surface area contributed by atoms with Crippen molar-refractivity contribution in [2.75, 3.05) is 27.4 Å². The SMILES string of the molecule is COCCNC(=O)c1cc(-c2cccc(OC)c2)nn1C. The van der Waals surface area contributed by atoms with Crippen LogP contribution in [0, 0.1) is 0 Å². The first-order valence-electron chi connectivity index (χ1n) is 6.61. The lowest BCUT2D eigenvalue weighted by Crippen LogP contribution is -2.28. The van der Waals surface area contributed by atoms with Crippen molar-refractivity contribution in [3.05, 3.63) is 36.0 Å². The van der Waals surface area contributed by atoms with Crippen molar-refractivity contribution in [1.29, 1.82) is 0 Å². The molecule has 1 amide bonds. The zero-order valence-electron chi connectivity index (χ0n) is 12.4. The quantitative estimate of drug-likeness (QED) is 0.818. The monoisotopic (exact) mass is 289 g/mol. The lowest BCUT2D eigenvalue weighted by Gasteiger charge is -2.03. The average Bonchev–Trinajstić information content (AvgIpc) is 2.89. The molecule has 0 atom stereocenters. The minimum Gasteiger partial charge on any atom is -0.497 e. The number of aromatic nitrogens is 2. The van der Waals surface area contributed by atoms with Gasteiger partial charge in [-0.25, -0.2) is 0 Å². The highest BCUT2D eigenvalue weighted by Gasteiger charge is 2.14. The van der Waals surface area contributed by atoms with E-state index < -0.39 is 0 Å². The molecule has 0 unspecified atom stereocenters. The molecule has 1 heterocycles. The highest BCUT2D eigenvalue weighted by Crippen LogP contribution is 2.23. The van der Waals surface area contributed by atoms with Crippen molar-refractivity contribution in [2.45, 2.75) is 0 Å². The first-order valence-corrected chi connectivity index (χ1v) is 6.61. The van der Waals surface area contributed by atoms with Gasteiger partial charge in [0, 0.05) is 26.3 Å². The summed E-state index contributed by atoms with van der Waals surface area (Å²) in [7, 11) is 4.96. The summed E-state index contributed by atoms with van der Waals surface area (Å²) in [4.78, 5) is 12.1. The third-order valence-electron chi connectivity index (χ3n) is 3.07. The molecule has 6 heteroatoms. The Kier molecular flexibility index (Phi) is 4.94. The molecular formula is C15H19N3O3. The number of aryl methyl sites for hydroxylation is 1. The third-order valence-corrected chi connectivity index (χ3v) is 3.07. The van der Waals surface area contributed by atoms with Gasteiger partial charge in [0.25, 0.3) is 5.91 Å². The fourth-order valence-electron chi connectivity index (χ4n) is 1.96. The van der Waals surface area contributed by atoms with E-state index in [-0.39, 0.29) is 5.91 Å². The van der Waals surface area contributed by atoms with Crippen LogP contribution in [0.5, 0.6) is 5.75 Å². The Balaban J connectivity index is 2.20. The van der Waals surface area contributed by atoms with Crippen LogP contribution in [0.2, 0.25) is 0 Å². The average molecular weight is 289 g/mol. The second kappa shape index (κ2) is 6.90. The molecule has 2 rings (SSSR count). The topological polar surface area (TPSA) is 65.4 Å². The zero-order chi connectivity index (χ0) is 15.2. The summed E-state index contributed by atoms with van der Waals surface area (Å²) in [5.74, 6) is 0.584. The predicted molar refractivity (Wildman–Crippen MR) is 79.4 cm³/mol. The third kappa shape index (κ3) is 3.61. The van der Waals surface area contributed by atoms with Gasteiger partial charge in [0.05, 0.1) is 19.4 Å². The summed E-state index contributed by atoms with van der Waals surface area (Å²) >= 11 is 0. The Hall–Kier alpha value is -2.34. The molecule has 0 fully saturated rings. The van der Waals surface area contributed by atoms with E-state index in [0.717, 1.165) is 17.0 Å². The maximum atomic E-state index is 12.1. The van der Waals surface area contributed by atoms with E-state index in [1.54, 1.807) is 32.0 Å². The van der Waals surface area contributed by atoms with E-state index in [2.05, 4.69) is 10.4 Å². The number of carbonyl (C=O) groups is 1. The summed E-state index contributed by atoms with van der Waals surface area (Å²) < 4.78 is 11.7. The Morgan fingerprint density at radius 3 is 2.86 bits per heavy atom. The number of hydrogen-bond acceptors (Lipinski definition) is 4. The van der Waals surface area contributed by atoms with Gasteiger partial charge in [-0.05, 0) is 18.2 Å². The maximum absolute atomic E-state index is 12.1. The molecule has 0 aliphatic heterocycles. The van der Waals surface area contributed by atoms with Crippen LogP contribution in [0.15, 0.2) is 30.3 Å². The molecule has 0 aliphatic carbocycles. The van der Waals surface area contributed by atoms with Crippen molar-refractivity contribution in [1.82, 2.24) is 15.1 Å². The maximum Gasteiger partial charge on any atom is 0.269 e. The molecule has 0 saturated heterocycles. The molecule has 0 saturated carbocycles. The highest BCUT2D eigenvalue weighted by molar-refractivity contribution is 5.93. The molecule has 0 spiro atoms. The second-order valence-corrected chi connectivity index (χ2v) is 4.52. The summed E-state index contributed by atoms with van der Waals surface area (Å²) in [6.07, 6.45) is 0. The standard InChI is InChI=1S/C15H19N3O3/c1-18-14(15(19)16-7-8-20-2)10-13(17-18)11-5-4-6-12(9-11)21-3/h4-6,9-10H,7-8H2,1-3H3,(H,16,19). The Morgan fingerprint density at radius 2 is 2.14 bits per heavy atom. The minimum absolute atomic E-state index is 0.170. The van der Waals surface area contributed by atoms with Crippen molar-refractivity contribution in [2.24, 2.45) is 7.05 Å². The molecule has 21 heavy (non-hydrogen) atoms. The van der Waals surface area contributed by atoms with Crippen molar-refractivity contribution < 1.29 is 14.3 Å². The molecule has 0 radical (unpaired) electrons. The van der Waals surface area contributed by atoms with Crippen LogP contribution in [-0.4, -0.2) is 43.1 Å². The molecule has 0 aliphatic rings. The van der Waals surface area contributed by atoms with Crippen molar-refractivity contribution in [3.63, 3.8) is 0 Å². The number of amides is 1. The van der Waals surface area contributed by atoms with Gasteiger partial charge in [0.15, 0.2) is 0 Å². The van der Waals surface area contributed by atoms with Crippen LogP contribution >= 0.6 is 0 Å². The van der Waals surface area contributed by atoms with E-state index in [0.29, 0.717) is 18.8 Å². The normalized spacial score (nSPS) is 10.4. The molecule has 1 aromatic carbocycles. The van der Waals surface area contributed by atoms with Gasteiger partial charge in [-0.1, -0.05) is 12.1 Å². The van der Waals surface area contributed by atoms with E-state index in [9.17, 15) is 4.79 Å². The predicted octanol–water partition coefficient (Wildman–Crippen LogP) is 1.47. The Labute approximate surface area is 123 Å². The minimum atomic E-state index is -0.170. The number of ether oxygens (including phenoxy) is 2. The fourth-order valence-corrected chi connectivity index (χ4v) is 1.96. The van der Waals surface area contributed by atoms with Gasteiger partial charge >= 0.3 is 0 Å². The summed E-state index contributed by atoms with van der Waals surface area (Å²) in [6, 6.07) is 9.33. The van der Waals surface area contributed by atoms with Crippen molar-refractivity contribution >= 4 is 5.91 Å². The largest absolute Gasteiger partial charge is 0.497 e. The van der Waals surface area contributed by atoms with Gasteiger partial charge in [-0.2, -0.15) is 5.10 Å². The van der Waals surface area contributed by atoms with Crippen molar-refractivity contribution in [3.8, 4) is 17.0 Å². The first kappa shape index (κ1) is 15.1. The summed E-state index contributed by atoms with van der Waals surface area (Å²) in [5.41, 5.74) is 2.14. The highest BCUT2D eigenvalue weighted by atomic mass is 16.5. The number of hydrogen-bond donors (Lipinski definition) is 1. The molecule has 2 aromatic rings. The van der Waals surface area contributed by atoms with Crippen LogP contribution < -0.4 is 10.1 Å². The van der Waals surface area contributed by atoms with Gasteiger partial charge in [-0.3, -0.25) is 9.48 Å². The number of benzene rings is 1. The number of nitrogens with one attached hydrogen (secondary N) is 1. The second-order valence-electron chi connectivity index (χ2n) is 4.52.